The fourth-order valence-electron chi connectivity index (χ4n) is 2.69. The number of benzene rings is 1. The highest BCUT2D eigenvalue weighted by molar-refractivity contribution is 7.22. The lowest BCUT2D eigenvalue weighted by atomic mass is 10.1. The third-order valence-corrected chi connectivity index (χ3v) is 6.31. The van der Waals surface area contributed by atoms with Crippen molar-refractivity contribution in [3.63, 3.8) is 0 Å². The number of amides is 1. The number of thiophene rings is 1. The number of rotatable bonds is 8. The maximum absolute atomic E-state index is 12.4. The smallest absolute Gasteiger partial charge is 0.350 e. The van der Waals surface area contributed by atoms with E-state index in [1.165, 1.54) is 11.3 Å². The topological polar surface area (TPSA) is 85.4 Å². The summed E-state index contributed by atoms with van der Waals surface area (Å²) < 4.78 is 5.21. The van der Waals surface area contributed by atoms with Crippen LogP contribution in [0.1, 0.15) is 46.0 Å². The number of ketones is 1. The lowest BCUT2D eigenvalue weighted by Crippen LogP contribution is -2.15. The third-order valence-electron chi connectivity index (χ3n) is 4.13. The highest BCUT2D eigenvalue weighted by Crippen LogP contribution is 2.31. The summed E-state index contributed by atoms with van der Waals surface area (Å²) in [6, 6.07) is 10.4. The molecule has 0 spiro atoms. The van der Waals surface area contributed by atoms with Crippen molar-refractivity contribution in [2.75, 3.05) is 11.9 Å². The van der Waals surface area contributed by atoms with Gasteiger partial charge in [-0.2, -0.15) is 0 Å². The van der Waals surface area contributed by atoms with Crippen LogP contribution in [-0.2, 0) is 9.53 Å². The first-order chi connectivity index (χ1) is 14.3. The lowest BCUT2D eigenvalue weighted by molar-refractivity contribution is -0.116. The minimum atomic E-state index is -0.557. The standard InChI is InChI=1S/C22H22N2O4S2/c1-13(2)11-19(26)24-16-8-6-15(7-9-16)17(25)12-28-22(27)20-14(3)23-21(30-20)18-5-4-10-29-18/h4-10,13H,11-12H2,1-3H3,(H,24,26). The van der Waals surface area contributed by atoms with E-state index in [0.717, 1.165) is 9.88 Å². The van der Waals surface area contributed by atoms with Crippen molar-refractivity contribution < 1.29 is 19.1 Å². The zero-order chi connectivity index (χ0) is 21.7. The number of carbonyl (C=O) groups is 3. The summed E-state index contributed by atoms with van der Waals surface area (Å²) in [5.41, 5.74) is 1.61. The average molecular weight is 443 g/mol. The highest BCUT2D eigenvalue weighted by atomic mass is 32.1. The van der Waals surface area contributed by atoms with Crippen LogP contribution in [-0.4, -0.2) is 29.3 Å². The van der Waals surface area contributed by atoms with Gasteiger partial charge in [-0.1, -0.05) is 19.9 Å². The summed E-state index contributed by atoms with van der Waals surface area (Å²) in [5, 5.41) is 5.50. The maximum atomic E-state index is 12.4. The minimum Gasteiger partial charge on any atom is -0.453 e. The Kier molecular flexibility index (Phi) is 7.12. The lowest BCUT2D eigenvalue weighted by Gasteiger charge is -2.08. The molecule has 0 saturated carbocycles. The Morgan fingerprint density at radius 2 is 1.87 bits per heavy atom. The summed E-state index contributed by atoms with van der Waals surface area (Å²) in [6.07, 6.45) is 0.432. The molecule has 30 heavy (non-hydrogen) atoms. The summed E-state index contributed by atoms with van der Waals surface area (Å²) in [5.74, 6) is -0.674. The number of aromatic nitrogens is 1. The molecule has 8 heteroatoms. The molecule has 2 heterocycles. The van der Waals surface area contributed by atoms with Crippen molar-refractivity contribution in [2.24, 2.45) is 5.92 Å². The second kappa shape index (κ2) is 9.77. The Balaban J connectivity index is 1.56. The number of nitrogens with one attached hydrogen (secondary N) is 1. The number of carbonyl (C=O) groups excluding carboxylic acids is 3. The Hall–Kier alpha value is -2.84. The van der Waals surface area contributed by atoms with Gasteiger partial charge in [0, 0.05) is 17.7 Å². The Morgan fingerprint density at radius 3 is 2.50 bits per heavy atom. The van der Waals surface area contributed by atoms with Crippen LogP contribution in [0.5, 0.6) is 0 Å². The summed E-state index contributed by atoms with van der Waals surface area (Å²) in [4.78, 5) is 42.4. The summed E-state index contributed by atoms with van der Waals surface area (Å²) >= 11 is 2.81. The quantitative estimate of drug-likeness (QED) is 0.383. The minimum absolute atomic E-state index is 0.0696. The molecule has 3 aromatic rings. The first-order valence-electron chi connectivity index (χ1n) is 9.45. The van der Waals surface area contributed by atoms with E-state index >= 15 is 0 Å². The van der Waals surface area contributed by atoms with E-state index in [0.29, 0.717) is 28.2 Å². The number of anilines is 1. The monoisotopic (exact) mass is 442 g/mol. The van der Waals surface area contributed by atoms with Crippen molar-refractivity contribution >= 4 is 46.0 Å². The Morgan fingerprint density at radius 1 is 1.13 bits per heavy atom. The maximum Gasteiger partial charge on any atom is 0.350 e. The van der Waals surface area contributed by atoms with Crippen LogP contribution in [0.15, 0.2) is 41.8 Å². The number of ether oxygens (including phenoxy) is 1. The van der Waals surface area contributed by atoms with Crippen molar-refractivity contribution in [3.8, 4) is 9.88 Å². The Labute approximate surface area is 182 Å². The fourth-order valence-corrected chi connectivity index (χ4v) is 4.45. The first kappa shape index (κ1) is 21.9. The zero-order valence-electron chi connectivity index (χ0n) is 16.9. The summed E-state index contributed by atoms with van der Waals surface area (Å²) in [7, 11) is 0. The fraction of sp³-hybridized carbons (Fsp3) is 0.273. The molecular formula is C22H22N2O4S2. The molecule has 156 valence electrons. The van der Waals surface area contributed by atoms with Gasteiger partial charge >= 0.3 is 5.97 Å². The molecule has 0 aliphatic carbocycles. The molecule has 0 fully saturated rings. The second-order valence-electron chi connectivity index (χ2n) is 7.13. The van der Waals surface area contributed by atoms with Gasteiger partial charge in [0.05, 0.1) is 10.6 Å². The zero-order valence-corrected chi connectivity index (χ0v) is 18.6. The van der Waals surface area contributed by atoms with Gasteiger partial charge in [0.15, 0.2) is 12.4 Å². The van der Waals surface area contributed by atoms with Gasteiger partial charge in [-0.25, -0.2) is 9.78 Å². The number of esters is 1. The second-order valence-corrected chi connectivity index (χ2v) is 9.08. The normalized spacial score (nSPS) is 10.8. The molecule has 0 atom stereocenters. The van der Waals surface area contributed by atoms with E-state index in [9.17, 15) is 14.4 Å². The molecule has 2 aromatic heterocycles. The van der Waals surface area contributed by atoms with Crippen molar-refractivity contribution in [1.29, 1.82) is 0 Å². The van der Waals surface area contributed by atoms with Crippen LogP contribution in [0.25, 0.3) is 9.88 Å². The molecule has 1 aromatic carbocycles. The molecule has 3 rings (SSSR count). The van der Waals surface area contributed by atoms with Crippen LogP contribution in [0.3, 0.4) is 0 Å². The predicted octanol–water partition coefficient (Wildman–Crippen LogP) is 5.20. The number of thiazole rings is 1. The van der Waals surface area contributed by atoms with E-state index in [2.05, 4.69) is 10.3 Å². The van der Waals surface area contributed by atoms with Crippen LogP contribution >= 0.6 is 22.7 Å². The number of Topliss-reactive ketones (excluding diaryl/α,β-unsaturated/α-hetero) is 1. The molecule has 0 bridgehead atoms. The first-order valence-corrected chi connectivity index (χ1v) is 11.1. The molecule has 0 saturated heterocycles. The van der Waals surface area contributed by atoms with Gasteiger partial charge in [0.1, 0.15) is 9.88 Å². The average Bonchev–Trinajstić information content (AvgIpc) is 3.35. The predicted molar refractivity (Wildman–Crippen MR) is 119 cm³/mol. The van der Waals surface area contributed by atoms with Crippen molar-refractivity contribution in [3.05, 3.63) is 57.9 Å². The molecule has 0 aliphatic heterocycles. The molecule has 6 nitrogen and oxygen atoms in total. The molecule has 0 aliphatic rings. The molecular weight excluding hydrogens is 420 g/mol. The molecule has 1 amide bonds. The van der Waals surface area contributed by atoms with Gasteiger partial charge in [0.25, 0.3) is 0 Å². The largest absolute Gasteiger partial charge is 0.453 e. The van der Waals surface area contributed by atoms with Gasteiger partial charge in [-0.3, -0.25) is 9.59 Å². The van der Waals surface area contributed by atoms with Crippen LogP contribution in [0.2, 0.25) is 0 Å². The number of hydrogen-bond acceptors (Lipinski definition) is 7. The number of hydrogen-bond donors (Lipinski definition) is 1. The molecule has 1 N–H and O–H groups in total. The van der Waals surface area contributed by atoms with E-state index in [1.54, 1.807) is 42.5 Å². The molecule has 0 radical (unpaired) electrons. The third kappa shape index (κ3) is 5.61. The van der Waals surface area contributed by atoms with Gasteiger partial charge in [0.2, 0.25) is 5.91 Å². The highest BCUT2D eigenvalue weighted by Gasteiger charge is 2.19. The van der Waals surface area contributed by atoms with E-state index < -0.39 is 5.97 Å². The van der Waals surface area contributed by atoms with E-state index in [-0.39, 0.29) is 24.2 Å². The van der Waals surface area contributed by atoms with Gasteiger partial charge < -0.3 is 10.1 Å². The van der Waals surface area contributed by atoms with Gasteiger partial charge in [-0.05, 0) is 48.6 Å². The number of nitrogens with zero attached hydrogens (tertiary/aromatic N) is 1. The van der Waals surface area contributed by atoms with E-state index in [1.807, 2.05) is 31.4 Å². The van der Waals surface area contributed by atoms with E-state index in [4.69, 9.17) is 4.74 Å². The van der Waals surface area contributed by atoms with Crippen LogP contribution < -0.4 is 5.32 Å². The molecule has 0 unspecified atom stereocenters. The Bertz CT molecular complexity index is 1040. The SMILES string of the molecule is Cc1nc(-c2cccs2)sc1C(=O)OCC(=O)c1ccc(NC(=O)CC(C)C)cc1. The summed E-state index contributed by atoms with van der Waals surface area (Å²) in [6.45, 7) is 5.33. The van der Waals surface area contributed by atoms with Crippen LogP contribution in [0, 0.1) is 12.8 Å². The number of aryl methyl sites for hydroxylation is 1. The van der Waals surface area contributed by atoms with Crippen molar-refractivity contribution in [1.82, 2.24) is 4.98 Å². The van der Waals surface area contributed by atoms with Gasteiger partial charge in [-0.15, -0.1) is 22.7 Å². The van der Waals surface area contributed by atoms with Crippen molar-refractivity contribution in [2.45, 2.75) is 27.2 Å². The van der Waals surface area contributed by atoms with Crippen LogP contribution in [0.4, 0.5) is 5.69 Å².